The molecule has 0 aliphatic rings. The highest BCUT2D eigenvalue weighted by molar-refractivity contribution is 5.71. The maximum absolute atomic E-state index is 12.9. The summed E-state index contributed by atoms with van der Waals surface area (Å²) in [4.78, 5) is 38.3. The number of allylic oxidation sites excluding steroid dienone is 2. The number of unbranched alkanes of at least 4 members (excludes halogenated alkanes) is 50. The molecule has 0 aromatic rings. The Bertz CT molecular complexity index is 1150. The average molecular weight is 1040 g/mol. The van der Waals surface area contributed by atoms with Crippen molar-refractivity contribution in [2.45, 2.75) is 393 Å². The van der Waals surface area contributed by atoms with Crippen molar-refractivity contribution in [3.05, 3.63) is 12.2 Å². The zero-order valence-electron chi connectivity index (χ0n) is 50.4. The Morgan fingerprint density at radius 2 is 0.459 bits per heavy atom. The summed E-state index contributed by atoms with van der Waals surface area (Å²) in [7, 11) is 0. The van der Waals surface area contributed by atoms with Crippen LogP contribution in [0.15, 0.2) is 12.2 Å². The van der Waals surface area contributed by atoms with Gasteiger partial charge in [-0.05, 0) is 38.5 Å². The summed E-state index contributed by atoms with van der Waals surface area (Å²) in [5.41, 5.74) is 0. The highest BCUT2D eigenvalue weighted by Gasteiger charge is 2.19. The second-order valence-electron chi connectivity index (χ2n) is 23.1. The highest BCUT2D eigenvalue weighted by Crippen LogP contribution is 2.19. The van der Waals surface area contributed by atoms with Gasteiger partial charge in [-0.2, -0.15) is 0 Å². The van der Waals surface area contributed by atoms with Gasteiger partial charge in [-0.1, -0.05) is 341 Å². The third-order valence-electron chi connectivity index (χ3n) is 15.5. The van der Waals surface area contributed by atoms with Crippen molar-refractivity contribution >= 4 is 17.9 Å². The van der Waals surface area contributed by atoms with Crippen molar-refractivity contribution in [1.29, 1.82) is 0 Å². The Morgan fingerprint density at radius 1 is 0.257 bits per heavy atom. The van der Waals surface area contributed by atoms with E-state index in [0.717, 1.165) is 64.2 Å². The van der Waals surface area contributed by atoms with Crippen molar-refractivity contribution in [3.63, 3.8) is 0 Å². The first-order valence-corrected chi connectivity index (χ1v) is 33.7. The molecule has 0 aromatic carbocycles. The van der Waals surface area contributed by atoms with Gasteiger partial charge in [0.15, 0.2) is 6.10 Å². The Labute approximate surface area is 462 Å². The monoisotopic (exact) mass is 1040 g/mol. The summed E-state index contributed by atoms with van der Waals surface area (Å²) in [5.74, 6) is -0.846. The molecular weight excluding hydrogens is 913 g/mol. The van der Waals surface area contributed by atoms with Gasteiger partial charge in [0.05, 0.1) is 0 Å². The lowest BCUT2D eigenvalue weighted by molar-refractivity contribution is -0.167. The molecule has 6 heteroatoms. The third kappa shape index (κ3) is 61.0. The van der Waals surface area contributed by atoms with Crippen LogP contribution in [0, 0.1) is 0 Å². The van der Waals surface area contributed by atoms with E-state index in [1.165, 1.54) is 283 Å². The summed E-state index contributed by atoms with van der Waals surface area (Å²) in [6, 6.07) is 0. The lowest BCUT2D eigenvalue weighted by Gasteiger charge is -2.18. The molecule has 74 heavy (non-hydrogen) atoms. The van der Waals surface area contributed by atoms with Crippen LogP contribution < -0.4 is 0 Å². The predicted molar refractivity (Wildman–Crippen MR) is 321 cm³/mol. The first kappa shape index (κ1) is 72.2. The molecule has 6 nitrogen and oxygen atoms in total. The van der Waals surface area contributed by atoms with E-state index in [0.29, 0.717) is 19.3 Å². The zero-order valence-corrected chi connectivity index (χ0v) is 50.4. The molecule has 1 unspecified atom stereocenters. The highest BCUT2D eigenvalue weighted by atomic mass is 16.6. The number of carbonyl (C=O) groups is 3. The number of esters is 3. The first-order chi connectivity index (χ1) is 36.5. The van der Waals surface area contributed by atoms with Crippen LogP contribution in [0.25, 0.3) is 0 Å². The molecule has 0 radical (unpaired) electrons. The number of rotatable bonds is 63. The fraction of sp³-hybridized carbons (Fsp3) is 0.926. The SMILES string of the molecule is CCCC/C=C\CCCCCCCC(=O)OCC(COC(=O)CCCCCCCCCCCCCCCCCCCCCCCCCCCCC)OC(=O)CCCCCCCCCCCCCCCCCCCC. The molecule has 0 heterocycles. The van der Waals surface area contributed by atoms with Gasteiger partial charge in [0.1, 0.15) is 13.2 Å². The van der Waals surface area contributed by atoms with E-state index in [1.54, 1.807) is 0 Å². The second kappa shape index (κ2) is 63.7. The Balaban J connectivity index is 4.13. The molecule has 0 aliphatic heterocycles. The van der Waals surface area contributed by atoms with Crippen LogP contribution in [0.4, 0.5) is 0 Å². The lowest BCUT2D eigenvalue weighted by Crippen LogP contribution is -2.30. The molecule has 0 amide bonds. The molecule has 0 saturated carbocycles. The minimum atomic E-state index is -0.768. The third-order valence-corrected chi connectivity index (χ3v) is 15.5. The molecule has 0 aromatic heterocycles. The molecule has 0 aliphatic carbocycles. The van der Waals surface area contributed by atoms with Crippen LogP contribution >= 0.6 is 0 Å². The van der Waals surface area contributed by atoms with Crippen molar-refractivity contribution in [3.8, 4) is 0 Å². The van der Waals surface area contributed by atoms with Gasteiger partial charge in [-0.25, -0.2) is 0 Å². The molecule has 0 N–H and O–H groups in total. The van der Waals surface area contributed by atoms with Gasteiger partial charge in [0.2, 0.25) is 0 Å². The molecular formula is C68H130O6. The van der Waals surface area contributed by atoms with Gasteiger partial charge >= 0.3 is 17.9 Å². The van der Waals surface area contributed by atoms with Crippen LogP contribution in [0.5, 0.6) is 0 Å². The summed E-state index contributed by atoms with van der Waals surface area (Å²) in [6.07, 6.45) is 75.3. The van der Waals surface area contributed by atoms with E-state index in [9.17, 15) is 14.4 Å². The quantitative estimate of drug-likeness (QED) is 0.0261. The maximum Gasteiger partial charge on any atom is 0.306 e. The van der Waals surface area contributed by atoms with Gasteiger partial charge in [0, 0.05) is 19.3 Å². The van der Waals surface area contributed by atoms with Crippen LogP contribution in [0.2, 0.25) is 0 Å². The van der Waals surface area contributed by atoms with Crippen molar-refractivity contribution in [2.24, 2.45) is 0 Å². The van der Waals surface area contributed by atoms with Gasteiger partial charge in [0.25, 0.3) is 0 Å². The molecule has 0 spiro atoms. The standard InChI is InChI=1S/C68H130O6/c1-4-7-10-13-16-19-22-24-26-28-30-31-32-33-34-35-36-37-38-40-41-43-46-49-52-55-58-61-67(70)73-64-65(63-72-66(69)60-57-54-51-48-45-21-18-15-12-9-6-3)74-68(71)62-59-56-53-50-47-44-42-39-29-27-25-23-20-17-14-11-8-5-2/h15,18,65H,4-14,16-17,19-64H2,1-3H3/b18-15-. The fourth-order valence-electron chi connectivity index (χ4n) is 10.4. The van der Waals surface area contributed by atoms with E-state index < -0.39 is 6.10 Å². The Kier molecular flexibility index (Phi) is 62.1. The number of carbonyl (C=O) groups excluding carboxylic acids is 3. The minimum absolute atomic E-state index is 0.0661. The summed E-state index contributed by atoms with van der Waals surface area (Å²) < 4.78 is 16.9. The largest absolute Gasteiger partial charge is 0.462 e. The average Bonchev–Trinajstić information content (AvgIpc) is 3.40. The first-order valence-electron chi connectivity index (χ1n) is 33.7. The van der Waals surface area contributed by atoms with E-state index in [-0.39, 0.29) is 31.1 Å². The van der Waals surface area contributed by atoms with Crippen LogP contribution in [0.3, 0.4) is 0 Å². The van der Waals surface area contributed by atoms with E-state index in [1.807, 2.05) is 0 Å². The second-order valence-corrected chi connectivity index (χ2v) is 23.1. The van der Waals surface area contributed by atoms with Gasteiger partial charge < -0.3 is 14.2 Å². The molecule has 1 atom stereocenters. The zero-order chi connectivity index (χ0) is 53.6. The van der Waals surface area contributed by atoms with E-state index >= 15 is 0 Å². The maximum atomic E-state index is 12.9. The summed E-state index contributed by atoms with van der Waals surface area (Å²) in [6.45, 7) is 6.68. The molecule has 438 valence electrons. The molecule has 0 fully saturated rings. The van der Waals surface area contributed by atoms with Crippen LogP contribution in [-0.4, -0.2) is 37.2 Å². The normalized spacial score (nSPS) is 12.0. The molecule has 0 rings (SSSR count). The van der Waals surface area contributed by atoms with Crippen molar-refractivity contribution < 1.29 is 28.6 Å². The van der Waals surface area contributed by atoms with Gasteiger partial charge in [-0.15, -0.1) is 0 Å². The topological polar surface area (TPSA) is 78.9 Å². The summed E-state index contributed by atoms with van der Waals surface area (Å²) in [5, 5.41) is 0. The van der Waals surface area contributed by atoms with Crippen LogP contribution in [0.1, 0.15) is 387 Å². The number of hydrogen-bond donors (Lipinski definition) is 0. The lowest BCUT2D eigenvalue weighted by atomic mass is 10.0. The minimum Gasteiger partial charge on any atom is -0.462 e. The smallest absolute Gasteiger partial charge is 0.306 e. The fourth-order valence-corrected chi connectivity index (χ4v) is 10.4. The summed E-state index contributed by atoms with van der Waals surface area (Å²) >= 11 is 0. The van der Waals surface area contributed by atoms with Crippen molar-refractivity contribution in [2.75, 3.05) is 13.2 Å². The Hall–Kier alpha value is -1.85. The number of hydrogen-bond acceptors (Lipinski definition) is 6. The number of ether oxygens (including phenoxy) is 3. The molecule has 0 saturated heterocycles. The van der Waals surface area contributed by atoms with E-state index in [2.05, 4.69) is 32.9 Å². The Morgan fingerprint density at radius 3 is 0.716 bits per heavy atom. The molecule has 0 bridgehead atoms. The predicted octanol–water partition coefficient (Wildman–Crippen LogP) is 22.8. The van der Waals surface area contributed by atoms with E-state index in [4.69, 9.17) is 14.2 Å². The van der Waals surface area contributed by atoms with Crippen molar-refractivity contribution in [1.82, 2.24) is 0 Å². The van der Waals surface area contributed by atoms with Crippen LogP contribution in [-0.2, 0) is 28.6 Å². The van der Waals surface area contributed by atoms with Gasteiger partial charge in [-0.3, -0.25) is 14.4 Å².